The van der Waals surface area contributed by atoms with Gasteiger partial charge in [-0.1, -0.05) is 24.1 Å². The van der Waals surface area contributed by atoms with Crippen LogP contribution in [0.1, 0.15) is 33.1 Å². The number of sulfonamides is 1. The maximum Gasteiger partial charge on any atom is 0.265 e. The molecule has 0 aliphatic carbocycles. The molecule has 1 unspecified atom stereocenters. The highest BCUT2D eigenvalue weighted by Crippen LogP contribution is 2.30. The molecule has 168 valence electrons. The average Bonchev–Trinajstić information content (AvgIpc) is 2.75. The van der Waals surface area contributed by atoms with Crippen molar-refractivity contribution < 1.29 is 22.7 Å². The molecular formula is C22H27ClN2O5S. The molecule has 1 heterocycles. The van der Waals surface area contributed by atoms with Crippen molar-refractivity contribution in [3.05, 3.63) is 47.5 Å². The first-order chi connectivity index (χ1) is 14.8. The lowest BCUT2D eigenvalue weighted by molar-refractivity contribution is -0.122. The maximum absolute atomic E-state index is 13.0. The monoisotopic (exact) mass is 466 g/mol. The zero-order valence-corrected chi connectivity index (χ0v) is 19.2. The van der Waals surface area contributed by atoms with Crippen LogP contribution in [0.25, 0.3) is 0 Å². The van der Waals surface area contributed by atoms with E-state index in [0.29, 0.717) is 36.2 Å². The number of anilines is 1. The molecule has 3 rings (SSSR count). The van der Waals surface area contributed by atoms with Gasteiger partial charge in [0.15, 0.2) is 6.10 Å². The number of hydrogen-bond acceptors (Lipinski definition) is 5. The minimum atomic E-state index is -3.65. The summed E-state index contributed by atoms with van der Waals surface area (Å²) < 4.78 is 38.8. The molecule has 2 aromatic rings. The Labute approximate surface area is 188 Å². The second-order valence-electron chi connectivity index (χ2n) is 7.26. The second kappa shape index (κ2) is 10.3. The number of rotatable bonds is 8. The predicted molar refractivity (Wildman–Crippen MR) is 120 cm³/mol. The fourth-order valence-electron chi connectivity index (χ4n) is 3.34. The van der Waals surface area contributed by atoms with Crippen LogP contribution in [-0.2, 0) is 14.8 Å². The van der Waals surface area contributed by atoms with Gasteiger partial charge in [-0.15, -0.1) is 0 Å². The third kappa shape index (κ3) is 5.90. The standard InChI is InChI=1S/C22H27ClN2O5S/c1-3-29-21-11-10-19(31(27,28)25-12-5-4-6-13-25)15-20(21)24-22(26)16(2)30-18-9-7-8-17(23)14-18/h7-11,14-16H,3-6,12-13H2,1-2H3,(H,24,26). The van der Waals surface area contributed by atoms with Crippen molar-refractivity contribution in [1.29, 1.82) is 0 Å². The van der Waals surface area contributed by atoms with Gasteiger partial charge in [0.2, 0.25) is 10.0 Å². The number of amides is 1. The maximum atomic E-state index is 13.0. The van der Waals surface area contributed by atoms with Crippen molar-refractivity contribution in [3.63, 3.8) is 0 Å². The Bertz CT molecular complexity index is 1020. The van der Waals surface area contributed by atoms with Gasteiger partial charge >= 0.3 is 0 Å². The Morgan fingerprint density at radius 3 is 2.58 bits per heavy atom. The molecule has 1 saturated heterocycles. The second-order valence-corrected chi connectivity index (χ2v) is 9.64. The Kier molecular flexibility index (Phi) is 7.80. The molecule has 1 fully saturated rings. The third-order valence-corrected chi connectivity index (χ3v) is 7.07. The first kappa shape index (κ1) is 23.4. The molecule has 9 heteroatoms. The summed E-state index contributed by atoms with van der Waals surface area (Å²) in [7, 11) is -3.65. The first-order valence-corrected chi connectivity index (χ1v) is 12.1. The smallest absolute Gasteiger partial charge is 0.265 e. The molecular weight excluding hydrogens is 440 g/mol. The number of ether oxygens (including phenoxy) is 2. The number of nitrogens with zero attached hydrogens (tertiary/aromatic N) is 1. The number of nitrogens with one attached hydrogen (secondary N) is 1. The average molecular weight is 467 g/mol. The van der Waals surface area contributed by atoms with E-state index in [1.54, 1.807) is 37.3 Å². The van der Waals surface area contributed by atoms with E-state index in [-0.39, 0.29) is 10.6 Å². The summed E-state index contributed by atoms with van der Waals surface area (Å²) >= 11 is 5.96. The zero-order valence-electron chi connectivity index (χ0n) is 17.6. The lowest BCUT2D eigenvalue weighted by atomic mass is 10.2. The van der Waals surface area contributed by atoms with Crippen molar-refractivity contribution in [2.24, 2.45) is 0 Å². The first-order valence-electron chi connectivity index (χ1n) is 10.3. The summed E-state index contributed by atoms with van der Waals surface area (Å²) in [4.78, 5) is 12.9. The molecule has 1 aliphatic rings. The Hall–Kier alpha value is -2.29. The molecule has 0 spiro atoms. The highest BCUT2D eigenvalue weighted by molar-refractivity contribution is 7.89. The molecule has 0 radical (unpaired) electrons. The molecule has 0 saturated carbocycles. The van der Waals surface area contributed by atoms with Crippen molar-refractivity contribution in [1.82, 2.24) is 4.31 Å². The van der Waals surface area contributed by atoms with Crippen LogP contribution in [0.15, 0.2) is 47.4 Å². The molecule has 1 N–H and O–H groups in total. The number of benzene rings is 2. The largest absolute Gasteiger partial charge is 0.492 e. The highest BCUT2D eigenvalue weighted by atomic mass is 35.5. The van der Waals surface area contributed by atoms with Crippen LogP contribution < -0.4 is 14.8 Å². The van der Waals surface area contributed by atoms with Gasteiger partial charge in [0.05, 0.1) is 17.2 Å². The summed E-state index contributed by atoms with van der Waals surface area (Å²) in [6.45, 7) is 4.79. The van der Waals surface area contributed by atoms with Gasteiger partial charge in [0.1, 0.15) is 11.5 Å². The summed E-state index contributed by atoms with van der Waals surface area (Å²) in [6, 6.07) is 11.3. The molecule has 31 heavy (non-hydrogen) atoms. The minimum Gasteiger partial charge on any atom is -0.492 e. The van der Waals surface area contributed by atoms with E-state index in [1.165, 1.54) is 16.4 Å². The molecule has 0 bridgehead atoms. The van der Waals surface area contributed by atoms with Gasteiger partial charge in [0.25, 0.3) is 5.91 Å². The van der Waals surface area contributed by atoms with Crippen molar-refractivity contribution >= 4 is 33.2 Å². The molecule has 1 aliphatic heterocycles. The molecule has 1 atom stereocenters. The number of hydrogen-bond donors (Lipinski definition) is 1. The zero-order chi connectivity index (χ0) is 22.4. The third-order valence-electron chi connectivity index (χ3n) is 4.94. The summed E-state index contributed by atoms with van der Waals surface area (Å²) in [5, 5.41) is 3.24. The molecule has 0 aromatic heterocycles. The van der Waals surface area contributed by atoms with E-state index < -0.39 is 22.0 Å². The topological polar surface area (TPSA) is 84.9 Å². The molecule has 7 nitrogen and oxygen atoms in total. The van der Waals surface area contributed by atoms with Gasteiger partial charge in [-0.2, -0.15) is 4.31 Å². The van der Waals surface area contributed by atoms with Crippen LogP contribution in [0, 0.1) is 0 Å². The van der Waals surface area contributed by atoms with E-state index in [9.17, 15) is 13.2 Å². The van der Waals surface area contributed by atoms with Crippen molar-refractivity contribution in [2.75, 3.05) is 25.0 Å². The number of halogens is 1. The Balaban J connectivity index is 1.81. The Morgan fingerprint density at radius 2 is 1.90 bits per heavy atom. The summed E-state index contributed by atoms with van der Waals surface area (Å²) in [5.41, 5.74) is 0.284. The fourth-order valence-corrected chi connectivity index (χ4v) is 5.06. The van der Waals surface area contributed by atoms with Gasteiger partial charge in [-0.3, -0.25) is 4.79 Å². The fraction of sp³-hybridized carbons (Fsp3) is 0.409. The summed E-state index contributed by atoms with van der Waals surface area (Å²) in [6.07, 6.45) is 1.88. The number of carbonyl (C=O) groups excluding carboxylic acids is 1. The van der Waals surface area contributed by atoms with E-state index in [0.717, 1.165) is 19.3 Å². The van der Waals surface area contributed by atoms with E-state index in [1.807, 2.05) is 6.92 Å². The van der Waals surface area contributed by atoms with Crippen LogP contribution in [0.2, 0.25) is 5.02 Å². The number of carbonyl (C=O) groups is 1. The van der Waals surface area contributed by atoms with Crippen LogP contribution in [0.4, 0.5) is 5.69 Å². The predicted octanol–water partition coefficient (Wildman–Crippen LogP) is 4.32. The quantitative estimate of drug-likeness (QED) is 0.626. The minimum absolute atomic E-state index is 0.122. The van der Waals surface area contributed by atoms with Crippen LogP contribution in [-0.4, -0.2) is 44.4 Å². The van der Waals surface area contributed by atoms with Gasteiger partial charge in [-0.25, -0.2) is 8.42 Å². The molecule has 2 aromatic carbocycles. The van der Waals surface area contributed by atoms with Crippen molar-refractivity contribution in [2.45, 2.75) is 44.1 Å². The van der Waals surface area contributed by atoms with Gasteiger partial charge in [0, 0.05) is 18.1 Å². The summed E-state index contributed by atoms with van der Waals surface area (Å²) in [5.74, 6) is 0.415. The van der Waals surface area contributed by atoms with Gasteiger partial charge < -0.3 is 14.8 Å². The number of piperidine rings is 1. The van der Waals surface area contributed by atoms with Crippen LogP contribution in [0.5, 0.6) is 11.5 Å². The van der Waals surface area contributed by atoms with Crippen molar-refractivity contribution in [3.8, 4) is 11.5 Å². The highest BCUT2D eigenvalue weighted by Gasteiger charge is 2.27. The normalized spacial score (nSPS) is 15.8. The molecule has 1 amide bonds. The SMILES string of the molecule is CCOc1ccc(S(=O)(=O)N2CCCCC2)cc1NC(=O)C(C)Oc1cccc(Cl)c1. The van der Waals surface area contributed by atoms with E-state index >= 15 is 0 Å². The van der Waals surface area contributed by atoms with E-state index in [4.69, 9.17) is 21.1 Å². The van der Waals surface area contributed by atoms with Crippen LogP contribution in [0.3, 0.4) is 0 Å². The Morgan fingerprint density at radius 1 is 1.16 bits per heavy atom. The lowest BCUT2D eigenvalue weighted by Gasteiger charge is -2.26. The van der Waals surface area contributed by atoms with Gasteiger partial charge in [-0.05, 0) is 63.1 Å². The van der Waals surface area contributed by atoms with E-state index in [2.05, 4.69) is 5.32 Å². The van der Waals surface area contributed by atoms with Crippen LogP contribution >= 0.6 is 11.6 Å². The lowest BCUT2D eigenvalue weighted by Crippen LogP contribution is -2.35.